The lowest BCUT2D eigenvalue weighted by molar-refractivity contribution is 0.0517. The van der Waals surface area contributed by atoms with Crippen LogP contribution in [0.15, 0.2) is 48.5 Å². The Kier molecular flexibility index (Phi) is 6.25. The van der Waals surface area contributed by atoms with Crippen molar-refractivity contribution in [1.29, 1.82) is 0 Å². The molecule has 0 saturated carbocycles. The zero-order valence-electron chi connectivity index (χ0n) is 14.3. The van der Waals surface area contributed by atoms with Crippen LogP contribution in [0, 0.1) is 0 Å². The molecule has 26 heavy (non-hydrogen) atoms. The fraction of sp³-hybridized carbons (Fsp3) is 0.368. The molecule has 140 valence electrons. The molecule has 3 rings (SSSR count). The summed E-state index contributed by atoms with van der Waals surface area (Å²) in [7, 11) is -3.50. The fourth-order valence-electron chi connectivity index (χ4n) is 3.27. The van der Waals surface area contributed by atoms with E-state index in [1.807, 2.05) is 18.2 Å². The minimum absolute atomic E-state index is 0.134. The number of halogens is 2. The molecule has 0 atom stereocenters. The molecule has 0 bridgehead atoms. The van der Waals surface area contributed by atoms with Gasteiger partial charge >= 0.3 is 0 Å². The van der Waals surface area contributed by atoms with Gasteiger partial charge in [0.2, 0.25) is 10.0 Å². The molecule has 1 heterocycles. The van der Waals surface area contributed by atoms with Gasteiger partial charge in [0.25, 0.3) is 0 Å². The highest BCUT2D eigenvalue weighted by Crippen LogP contribution is 2.34. The van der Waals surface area contributed by atoms with E-state index in [1.54, 1.807) is 18.2 Å². The summed E-state index contributed by atoms with van der Waals surface area (Å²) in [6.07, 6.45) is 1.57. The second-order valence-corrected chi connectivity index (χ2v) is 9.21. The molecule has 0 aliphatic carbocycles. The van der Waals surface area contributed by atoms with Gasteiger partial charge in [-0.1, -0.05) is 59.6 Å². The van der Waals surface area contributed by atoms with Gasteiger partial charge in [-0.15, -0.1) is 0 Å². The highest BCUT2D eigenvalue weighted by molar-refractivity contribution is 7.88. The first kappa shape index (κ1) is 19.6. The van der Waals surface area contributed by atoms with Crippen LogP contribution in [-0.4, -0.2) is 28.2 Å². The van der Waals surface area contributed by atoms with Crippen LogP contribution in [0.5, 0.6) is 0 Å². The standard InChI is InChI=1S/C19H21Cl2NO3S/c20-17-7-6-15(12-18(17)21)13-26(23,24)22-14-19(8-10-25-11-9-19)16-4-2-1-3-5-16/h1-7,12,22H,8-11,13-14H2. The number of benzene rings is 2. The fourth-order valence-corrected chi connectivity index (χ4v) is 4.81. The van der Waals surface area contributed by atoms with Crippen molar-refractivity contribution in [3.05, 3.63) is 69.7 Å². The Hall–Kier alpha value is -1.11. The smallest absolute Gasteiger partial charge is 0.215 e. The zero-order valence-corrected chi connectivity index (χ0v) is 16.6. The molecule has 0 amide bonds. The zero-order chi connectivity index (χ0) is 18.6. The van der Waals surface area contributed by atoms with Crippen molar-refractivity contribution >= 4 is 33.2 Å². The monoisotopic (exact) mass is 413 g/mol. The van der Waals surface area contributed by atoms with Crippen molar-refractivity contribution < 1.29 is 13.2 Å². The summed E-state index contributed by atoms with van der Waals surface area (Å²) in [5.74, 6) is -0.134. The van der Waals surface area contributed by atoms with E-state index >= 15 is 0 Å². The van der Waals surface area contributed by atoms with Gasteiger partial charge < -0.3 is 4.74 Å². The maximum atomic E-state index is 12.6. The maximum absolute atomic E-state index is 12.6. The van der Waals surface area contributed by atoms with Gasteiger partial charge in [-0.25, -0.2) is 13.1 Å². The molecule has 1 N–H and O–H groups in total. The summed E-state index contributed by atoms with van der Waals surface area (Å²) in [5.41, 5.74) is 1.50. The minimum Gasteiger partial charge on any atom is -0.381 e. The van der Waals surface area contributed by atoms with Crippen LogP contribution >= 0.6 is 23.2 Å². The predicted octanol–water partition coefficient (Wildman–Crippen LogP) is 4.16. The third-order valence-electron chi connectivity index (χ3n) is 4.81. The Morgan fingerprint density at radius 2 is 1.69 bits per heavy atom. The van der Waals surface area contributed by atoms with E-state index in [4.69, 9.17) is 27.9 Å². The van der Waals surface area contributed by atoms with Crippen molar-refractivity contribution in [3.8, 4) is 0 Å². The van der Waals surface area contributed by atoms with Crippen LogP contribution in [0.1, 0.15) is 24.0 Å². The summed E-state index contributed by atoms with van der Waals surface area (Å²) >= 11 is 11.9. The van der Waals surface area contributed by atoms with Crippen molar-refractivity contribution in [2.24, 2.45) is 0 Å². The van der Waals surface area contributed by atoms with Gasteiger partial charge in [-0.2, -0.15) is 0 Å². The molecule has 2 aromatic carbocycles. The highest BCUT2D eigenvalue weighted by atomic mass is 35.5. The quantitative estimate of drug-likeness (QED) is 0.772. The molecule has 1 aliphatic rings. The third-order valence-corrected chi connectivity index (χ3v) is 6.84. The van der Waals surface area contributed by atoms with E-state index in [0.717, 1.165) is 18.4 Å². The van der Waals surface area contributed by atoms with Crippen LogP contribution in [0.4, 0.5) is 0 Å². The molecule has 2 aromatic rings. The lowest BCUT2D eigenvalue weighted by Gasteiger charge is -2.37. The molecular weight excluding hydrogens is 393 g/mol. The lowest BCUT2D eigenvalue weighted by atomic mass is 9.74. The van der Waals surface area contributed by atoms with Gasteiger partial charge in [0, 0.05) is 25.2 Å². The van der Waals surface area contributed by atoms with Gasteiger partial charge in [-0.05, 0) is 36.1 Å². The summed E-state index contributed by atoms with van der Waals surface area (Å²) in [6.45, 7) is 1.61. The Morgan fingerprint density at radius 3 is 2.35 bits per heavy atom. The second-order valence-electron chi connectivity index (χ2n) is 6.59. The molecule has 0 spiro atoms. The first-order valence-corrected chi connectivity index (χ1v) is 10.9. The summed E-state index contributed by atoms with van der Waals surface area (Å²) < 4.78 is 33.5. The topological polar surface area (TPSA) is 55.4 Å². The molecule has 4 nitrogen and oxygen atoms in total. The number of hydrogen-bond acceptors (Lipinski definition) is 3. The van der Waals surface area contributed by atoms with Crippen LogP contribution in [0.3, 0.4) is 0 Å². The first-order valence-electron chi connectivity index (χ1n) is 8.45. The molecular formula is C19H21Cl2NO3S. The number of ether oxygens (including phenoxy) is 1. The Labute approximate surface area is 164 Å². The molecule has 0 unspecified atom stereocenters. The summed E-state index contributed by atoms with van der Waals surface area (Å²) in [5, 5.41) is 0.760. The molecule has 1 saturated heterocycles. The largest absolute Gasteiger partial charge is 0.381 e. The van der Waals surface area contributed by atoms with E-state index in [0.29, 0.717) is 35.4 Å². The van der Waals surface area contributed by atoms with Crippen molar-refractivity contribution in [2.75, 3.05) is 19.8 Å². The average molecular weight is 414 g/mol. The number of rotatable bonds is 6. The van der Waals surface area contributed by atoms with Crippen molar-refractivity contribution in [3.63, 3.8) is 0 Å². The van der Waals surface area contributed by atoms with Crippen LogP contribution in [-0.2, 0) is 25.9 Å². The Morgan fingerprint density at radius 1 is 1.00 bits per heavy atom. The Bertz CT molecular complexity index is 850. The molecule has 7 heteroatoms. The minimum atomic E-state index is -3.50. The lowest BCUT2D eigenvalue weighted by Crippen LogP contribution is -2.44. The van der Waals surface area contributed by atoms with E-state index < -0.39 is 10.0 Å². The SMILES string of the molecule is O=S(=O)(Cc1ccc(Cl)c(Cl)c1)NCC1(c2ccccc2)CCOCC1. The third kappa shape index (κ3) is 4.78. The van der Waals surface area contributed by atoms with E-state index in [2.05, 4.69) is 16.9 Å². The molecule has 1 aliphatic heterocycles. The number of nitrogens with one attached hydrogen (secondary N) is 1. The van der Waals surface area contributed by atoms with E-state index in [9.17, 15) is 8.42 Å². The molecule has 0 radical (unpaired) electrons. The average Bonchev–Trinajstić information content (AvgIpc) is 2.65. The maximum Gasteiger partial charge on any atom is 0.215 e. The Balaban J connectivity index is 1.74. The normalized spacial score (nSPS) is 17.2. The summed E-state index contributed by atoms with van der Waals surface area (Å²) in [4.78, 5) is 0. The van der Waals surface area contributed by atoms with E-state index in [1.165, 1.54) is 0 Å². The van der Waals surface area contributed by atoms with E-state index in [-0.39, 0.29) is 11.2 Å². The predicted molar refractivity (Wildman–Crippen MR) is 105 cm³/mol. The van der Waals surface area contributed by atoms with Gasteiger partial charge in [0.05, 0.1) is 15.8 Å². The van der Waals surface area contributed by atoms with Crippen molar-refractivity contribution in [1.82, 2.24) is 4.72 Å². The van der Waals surface area contributed by atoms with Crippen LogP contribution in [0.2, 0.25) is 10.0 Å². The second kappa shape index (κ2) is 8.28. The number of hydrogen-bond donors (Lipinski definition) is 1. The van der Waals surface area contributed by atoms with Gasteiger partial charge in [-0.3, -0.25) is 0 Å². The highest BCUT2D eigenvalue weighted by Gasteiger charge is 2.35. The number of sulfonamides is 1. The summed E-state index contributed by atoms with van der Waals surface area (Å²) in [6, 6.07) is 14.9. The molecule has 1 fully saturated rings. The van der Waals surface area contributed by atoms with Gasteiger partial charge in [0.15, 0.2) is 0 Å². The first-order chi connectivity index (χ1) is 12.4. The van der Waals surface area contributed by atoms with Gasteiger partial charge in [0.1, 0.15) is 0 Å². The van der Waals surface area contributed by atoms with Crippen molar-refractivity contribution in [2.45, 2.75) is 24.0 Å². The molecule has 0 aromatic heterocycles. The van der Waals surface area contributed by atoms with Crippen LogP contribution in [0.25, 0.3) is 0 Å². The van der Waals surface area contributed by atoms with Crippen LogP contribution < -0.4 is 4.72 Å².